The molecule has 0 spiro atoms. The van der Waals surface area contributed by atoms with Gasteiger partial charge in [-0.15, -0.1) is 0 Å². The molecule has 10 fully saturated rings. The number of ether oxygens (including phenoxy) is 7. The fourth-order valence-electron chi connectivity index (χ4n) is 12.3. The van der Waals surface area contributed by atoms with Gasteiger partial charge in [0.25, 0.3) is 0 Å². The molecule has 10 aliphatic rings. The molecular formula is C58H97NO14. The van der Waals surface area contributed by atoms with E-state index in [-0.39, 0.29) is 53.6 Å². The molecule has 2 saturated heterocycles. The molecular weight excluding hydrogens is 935 g/mol. The third kappa shape index (κ3) is 15.4. The van der Waals surface area contributed by atoms with Gasteiger partial charge in [-0.3, -0.25) is 19.2 Å². The Morgan fingerprint density at radius 1 is 0.616 bits per heavy atom. The Labute approximate surface area is 438 Å². The fourth-order valence-corrected chi connectivity index (χ4v) is 12.3. The van der Waals surface area contributed by atoms with Gasteiger partial charge in [0.1, 0.15) is 23.4 Å². The molecule has 8 aliphatic carbocycles. The molecule has 2 heterocycles. The maximum Gasteiger partial charge on any atom is 0.407 e. The molecule has 2 N–H and O–H groups in total. The average molecular weight is 1030 g/mol. The Morgan fingerprint density at radius 2 is 1.08 bits per heavy atom. The maximum absolute atomic E-state index is 12.5. The van der Waals surface area contributed by atoms with Crippen LogP contribution in [0.25, 0.3) is 0 Å². The molecule has 418 valence electrons. The van der Waals surface area contributed by atoms with E-state index in [4.69, 9.17) is 33.2 Å². The Morgan fingerprint density at radius 3 is 1.55 bits per heavy atom. The molecule has 15 nitrogen and oxygen atoms in total. The minimum absolute atomic E-state index is 0.0185. The van der Waals surface area contributed by atoms with Crippen molar-refractivity contribution in [3.8, 4) is 0 Å². The third-order valence-corrected chi connectivity index (χ3v) is 18.7. The van der Waals surface area contributed by atoms with Crippen molar-refractivity contribution in [1.82, 2.24) is 5.32 Å². The van der Waals surface area contributed by atoms with E-state index in [9.17, 15) is 33.9 Å². The van der Waals surface area contributed by atoms with E-state index in [0.29, 0.717) is 82.0 Å². The Hall–Kier alpha value is -3.46. The first-order chi connectivity index (χ1) is 33.9. The van der Waals surface area contributed by atoms with Gasteiger partial charge in [-0.25, -0.2) is 9.59 Å². The van der Waals surface area contributed by atoms with Crippen LogP contribution in [-0.4, -0.2) is 103 Å². The number of carbonyl (C=O) groups excluding carboxylic acids is 6. The number of hydrogen-bond acceptors (Lipinski definition) is 14. The van der Waals surface area contributed by atoms with Crippen LogP contribution in [0, 0.1) is 57.2 Å². The second-order valence-corrected chi connectivity index (χ2v) is 26.5. The molecule has 3 atom stereocenters. The lowest BCUT2D eigenvalue weighted by atomic mass is 9.50. The maximum atomic E-state index is 12.5. The molecule has 2 aliphatic heterocycles. The SMILES string of the molecule is CCC(C)(C)C(=O)OC1(C)C2CC3CC(C2)CC1C3.CCC(C)(C)C(=O)OC12CC3CC(CC(O)(C3)C1)C2.CCC(C)(C)C(=O)OC1CCOC1=O.CCC(C)(C)C(=O)OCCNC(=O)OC1(C)CCOCC1. The first kappa shape index (κ1) is 60.4. The van der Waals surface area contributed by atoms with Gasteiger partial charge >= 0.3 is 35.9 Å². The number of alkyl carbamates (subject to hydrolysis) is 1. The van der Waals surface area contributed by atoms with E-state index >= 15 is 0 Å². The van der Waals surface area contributed by atoms with Crippen LogP contribution in [0.5, 0.6) is 0 Å². The highest BCUT2D eigenvalue weighted by Gasteiger charge is 2.60. The lowest BCUT2D eigenvalue weighted by molar-refractivity contribution is -0.225. The van der Waals surface area contributed by atoms with Crippen molar-refractivity contribution in [3.63, 3.8) is 0 Å². The average Bonchev–Trinajstić information content (AvgIpc) is 3.72. The van der Waals surface area contributed by atoms with E-state index in [2.05, 4.69) is 19.2 Å². The quantitative estimate of drug-likeness (QED) is 0.0892. The zero-order chi connectivity index (χ0) is 54.4. The summed E-state index contributed by atoms with van der Waals surface area (Å²) in [5.74, 6) is 3.14. The van der Waals surface area contributed by atoms with Gasteiger partial charge in [0.15, 0.2) is 0 Å². The minimum Gasteiger partial charge on any atom is -0.463 e. The van der Waals surface area contributed by atoms with Crippen molar-refractivity contribution in [2.24, 2.45) is 57.2 Å². The summed E-state index contributed by atoms with van der Waals surface area (Å²) in [5.41, 5.74) is -3.31. The summed E-state index contributed by atoms with van der Waals surface area (Å²) in [7, 11) is 0. The monoisotopic (exact) mass is 1030 g/mol. The highest BCUT2D eigenvalue weighted by Crippen LogP contribution is 2.61. The predicted octanol–water partition coefficient (Wildman–Crippen LogP) is 10.8. The van der Waals surface area contributed by atoms with Crippen molar-refractivity contribution in [3.05, 3.63) is 0 Å². The van der Waals surface area contributed by atoms with E-state index in [1.54, 1.807) is 13.8 Å². The van der Waals surface area contributed by atoms with E-state index in [0.717, 1.165) is 50.4 Å². The normalized spacial score (nSPS) is 32.5. The van der Waals surface area contributed by atoms with Crippen molar-refractivity contribution in [1.29, 1.82) is 0 Å². The molecule has 0 radical (unpaired) electrons. The largest absolute Gasteiger partial charge is 0.463 e. The van der Waals surface area contributed by atoms with Gasteiger partial charge in [0.2, 0.25) is 6.10 Å². The van der Waals surface area contributed by atoms with Crippen LogP contribution in [0.1, 0.15) is 213 Å². The number of carbonyl (C=O) groups is 6. The van der Waals surface area contributed by atoms with Gasteiger partial charge < -0.3 is 43.6 Å². The number of amides is 1. The van der Waals surface area contributed by atoms with Crippen molar-refractivity contribution >= 4 is 35.9 Å². The Bertz CT molecular complexity index is 1890. The van der Waals surface area contributed by atoms with Crippen LogP contribution in [0.4, 0.5) is 4.79 Å². The van der Waals surface area contributed by atoms with Crippen molar-refractivity contribution < 1.29 is 67.0 Å². The minimum atomic E-state index is -0.687. The van der Waals surface area contributed by atoms with Crippen LogP contribution in [-0.2, 0) is 57.1 Å². The number of rotatable bonds is 15. The molecule has 15 heteroatoms. The fraction of sp³-hybridized carbons (Fsp3) is 0.897. The molecule has 73 heavy (non-hydrogen) atoms. The number of esters is 5. The molecule has 1 amide bonds. The van der Waals surface area contributed by atoms with Gasteiger partial charge in [-0.2, -0.15) is 0 Å². The number of nitrogens with one attached hydrogen (secondary N) is 1. The molecule has 0 aromatic heterocycles. The Kier molecular flexibility index (Phi) is 19.7. The molecule has 0 aromatic rings. The summed E-state index contributed by atoms with van der Waals surface area (Å²) in [6, 6.07) is 0. The van der Waals surface area contributed by atoms with Gasteiger partial charge in [-0.05, 0) is 195 Å². The zero-order valence-corrected chi connectivity index (χ0v) is 47.6. The lowest BCUT2D eigenvalue weighted by Gasteiger charge is -2.59. The van der Waals surface area contributed by atoms with E-state index < -0.39 is 45.6 Å². The Balaban J connectivity index is 0.000000182. The van der Waals surface area contributed by atoms with E-state index in [1.807, 2.05) is 69.2 Å². The van der Waals surface area contributed by atoms with Gasteiger partial charge in [-0.1, -0.05) is 27.7 Å². The van der Waals surface area contributed by atoms with Crippen LogP contribution in [0.3, 0.4) is 0 Å². The highest BCUT2D eigenvalue weighted by molar-refractivity contribution is 5.83. The van der Waals surface area contributed by atoms with Gasteiger partial charge in [0, 0.05) is 25.7 Å². The van der Waals surface area contributed by atoms with Crippen LogP contribution >= 0.6 is 0 Å². The molecule has 8 saturated carbocycles. The number of hydrogen-bond donors (Lipinski definition) is 2. The first-order valence-electron chi connectivity index (χ1n) is 28.2. The standard InChI is InChI=1S/C17H28O2.C16H26O3.C15H27NO5.C10H16O4/c1-5-16(2,3)15(18)19-17(4)13-7-11-6-12(9-13)10-14(17)8-11;1-4-14(2,3)13(17)19-16-8-11-5-12(9-16)7-15(18,6-11)10-16;1-5-14(2,3)12(17)20-11-8-16-13(18)21-15(4)6-9-19-10-7-15;1-4-10(2,3)9(12)14-7-5-6-13-8(7)11/h11-14H,5-10H2,1-4H3;11-12,18H,4-10H2,1-3H3;5-11H2,1-4H3,(H,16,18);7H,4-6H2,1-3H3. The summed E-state index contributed by atoms with van der Waals surface area (Å²) >= 11 is 0. The number of cyclic esters (lactones) is 1. The van der Waals surface area contributed by atoms with Crippen molar-refractivity contribution in [2.45, 2.75) is 241 Å². The molecule has 0 aromatic carbocycles. The van der Waals surface area contributed by atoms with Crippen LogP contribution in [0.15, 0.2) is 0 Å². The van der Waals surface area contributed by atoms with Gasteiger partial charge in [0.05, 0.1) is 53.6 Å². The highest BCUT2D eigenvalue weighted by atomic mass is 16.6. The third-order valence-electron chi connectivity index (χ3n) is 18.7. The first-order valence-corrected chi connectivity index (χ1v) is 28.2. The lowest BCUT2D eigenvalue weighted by Crippen LogP contribution is -2.61. The summed E-state index contributed by atoms with van der Waals surface area (Å²) in [4.78, 5) is 70.9. The topological polar surface area (TPSA) is 199 Å². The molecule has 3 unspecified atom stereocenters. The van der Waals surface area contributed by atoms with Crippen LogP contribution < -0.4 is 5.32 Å². The van der Waals surface area contributed by atoms with Crippen molar-refractivity contribution in [2.75, 3.05) is 33.0 Å². The smallest absolute Gasteiger partial charge is 0.407 e. The van der Waals surface area contributed by atoms with Crippen LogP contribution in [0.2, 0.25) is 0 Å². The summed E-state index contributed by atoms with van der Waals surface area (Å²) < 4.78 is 37.6. The molecule has 8 bridgehead atoms. The second-order valence-electron chi connectivity index (χ2n) is 26.5. The molecule has 10 rings (SSSR count). The predicted molar refractivity (Wildman–Crippen MR) is 276 cm³/mol. The summed E-state index contributed by atoms with van der Waals surface area (Å²) in [6.45, 7) is 29.2. The second kappa shape index (κ2) is 23.8. The number of aliphatic hydroxyl groups is 1. The summed E-state index contributed by atoms with van der Waals surface area (Å²) in [6.07, 6.45) is 16.0. The van der Waals surface area contributed by atoms with E-state index in [1.165, 1.54) is 38.5 Å². The zero-order valence-electron chi connectivity index (χ0n) is 47.6. The summed E-state index contributed by atoms with van der Waals surface area (Å²) in [5, 5.41) is 13.3.